The molecule has 0 saturated carbocycles. The maximum absolute atomic E-state index is 13.0. The highest BCUT2D eigenvalue weighted by Gasteiger charge is 2.44. The lowest BCUT2D eigenvalue weighted by Crippen LogP contribution is -2.31. The smallest absolute Gasteiger partial charge is 0.294 e. The summed E-state index contributed by atoms with van der Waals surface area (Å²) in [5.74, 6) is -1.14. The second kappa shape index (κ2) is 7.50. The predicted octanol–water partition coefficient (Wildman–Crippen LogP) is 4.52. The molecule has 146 valence electrons. The number of carbonyl (C=O) groups is 2. The van der Waals surface area contributed by atoms with Crippen LogP contribution in [0.3, 0.4) is 0 Å². The van der Waals surface area contributed by atoms with E-state index in [2.05, 4.69) is 0 Å². The zero-order chi connectivity index (χ0) is 20.6. The molecule has 1 unspecified atom stereocenters. The van der Waals surface area contributed by atoms with Gasteiger partial charge < -0.3 is 10.2 Å². The molecule has 1 heterocycles. The van der Waals surface area contributed by atoms with E-state index in [-0.39, 0.29) is 29.4 Å². The van der Waals surface area contributed by atoms with E-state index >= 15 is 0 Å². The summed E-state index contributed by atoms with van der Waals surface area (Å²) in [5.41, 5.74) is 3.27. The Hall–Kier alpha value is -3.08. The van der Waals surface area contributed by atoms with E-state index in [0.717, 1.165) is 11.1 Å². The Morgan fingerprint density at radius 1 is 1.07 bits per heavy atom. The van der Waals surface area contributed by atoms with E-state index in [1.807, 2.05) is 45.9 Å². The largest absolute Gasteiger partial charge is 0.508 e. The third-order valence-corrected chi connectivity index (χ3v) is 4.94. The number of aliphatic hydroxyl groups is 1. The number of aliphatic hydroxyl groups excluding tert-OH is 1. The number of phenols is 1. The number of benzene rings is 2. The molecule has 5 heteroatoms. The number of hydrogen-bond acceptors (Lipinski definition) is 4. The highest BCUT2D eigenvalue weighted by Crippen LogP contribution is 2.43. The number of Topliss-reactive ketones (excluding diaryl/α,β-unsaturated/α-hetero) is 1. The molecule has 0 spiro atoms. The standard InChI is InChI=1S/C23H25NO4/c1-13(2)11-19(26)20-21(16-7-9-17(25)10-8-16)24(23(28)22(20)27)18-12-14(3)5-6-15(18)4/h5-10,12-13,21,25,27H,11H2,1-4H3. The predicted molar refractivity (Wildman–Crippen MR) is 108 cm³/mol. The maximum Gasteiger partial charge on any atom is 0.294 e. The first-order valence-electron chi connectivity index (χ1n) is 9.36. The third kappa shape index (κ3) is 3.52. The molecule has 0 radical (unpaired) electrons. The van der Waals surface area contributed by atoms with Gasteiger partial charge in [0.15, 0.2) is 11.5 Å². The molecule has 3 rings (SSSR count). The summed E-state index contributed by atoms with van der Waals surface area (Å²) < 4.78 is 0. The number of carbonyl (C=O) groups excluding carboxylic acids is 2. The first-order chi connectivity index (χ1) is 13.2. The van der Waals surface area contributed by atoms with Crippen molar-refractivity contribution in [3.8, 4) is 5.75 Å². The first-order valence-corrected chi connectivity index (χ1v) is 9.36. The molecule has 0 aliphatic carbocycles. The Morgan fingerprint density at radius 3 is 2.32 bits per heavy atom. The third-order valence-electron chi connectivity index (χ3n) is 4.94. The molecule has 1 amide bonds. The quantitative estimate of drug-likeness (QED) is 0.800. The van der Waals surface area contributed by atoms with Gasteiger partial charge in [0.2, 0.25) is 0 Å². The second-order valence-corrected chi connectivity index (χ2v) is 7.74. The van der Waals surface area contributed by atoms with E-state index in [4.69, 9.17) is 0 Å². The summed E-state index contributed by atoms with van der Waals surface area (Å²) in [4.78, 5) is 27.5. The maximum atomic E-state index is 13.0. The van der Waals surface area contributed by atoms with Crippen LogP contribution in [0.5, 0.6) is 5.75 Å². The van der Waals surface area contributed by atoms with Crippen LogP contribution < -0.4 is 4.90 Å². The number of phenolic OH excluding ortho intramolecular Hbond substituents is 1. The van der Waals surface area contributed by atoms with Crippen molar-refractivity contribution in [1.82, 2.24) is 0 Å². The summed E-state index contributed by atoms with van der Waals surface area (Å²) in [6.45, 7) is 7.66. The minimum absolute atomic E-state index is 0.0922. The van der Waals surface area contributed by atoms with Crippen molar-refractivity contribution in [1.29, 1.82) is 0 Å². The van der Waals surface area contributed by atoms with Gasteiger partial charge in [0.05, 0.1) is 11.6 Å². The minimum Gasteiger partial charge on any atom is -0.508 e. The summed E-state index contributed by atoms with van der Waals surface area (Å²) in [6, 6.07) is 11.4. The lowest BCUT2D eigenvalue weighted by molar-refractivity contribution is -0.118. The van der Waals surface area contributed by atoms with Crippen molar-refractivity contribution in [2.45, 2.75) is 40.2 Å². The molecule has 28 heavy (non-hydrogen) atoms. The Bertz CT molecular complexity index is 957. The van der Waals surface area contributed by atoms with Gasteiger partial charge >= 0.3 is 0 Å². The minimum atomic E-state index is -0.736. The molecule has 5 nitrogen and oxygen atoms in total. The van der Waals surface area contributed by atoms with E-state index in [0.29, 0.717) is 11.3 Å². The van der Waals surface area contributed by atoms with Crippen LogP contribution in [-0.2, 0) is 9.59 Å². The van der Waals surface area contributed by atoms with Gasteiger partial charge in [-0.25, -0.2) is 0 Å². The fourth-order valence-electron chi connectivity index (χ4n) is 3.57. The van der Waals surface area contributed by atoms with E-state index < -0.39 is 17.7 Å². The van der Waals surface area contributed by atoms with Crippen molar-refractivity contribution in [3.63, 3.8) is 0 Å². The summed E-state index contributed by atoms with van der Waals surface area (Å²) in [7, 11) is 0. The topological polar surface area (TPSA) is 77.8 Å². The average Bonchev–Trinajstić information content (AvgIpc) is 2.89. The van der Waals surface area contributed by atoms with Gasteiger partial charge in [0, 0.05) is 12.1 Å². The van der Waals surface area contributed by atoms with Crippen LogP contribution in [0, 0.1) is 19.8 Å². The van der Waals surface area contributed by atoms with Crippen LogP contribution in [0.15, 0.2) is 53.8 Å². The number of ketones is 1. The van der Waals surface area contributed by atoms with Gasteiger partial charge in [0.1, 0.15) is 5.75 Å². The molecule has 0 fully saturated rings. The van der Waals surface area contributed by atoms with Crippen LogP contribution in [0.2, 0.25) is 0 Å². The molecule has 2 aromatic carbocycles. The van der Waals surface area contributed by atoms with E-state index in [1.54, 1.807) is 12.1 Å². The van der Waals surface area contributed by atoms with Gasteiger partial charge in [-0.2, -0.15) is 0 Å². The Kier molecular flexibility index (Phi) is 5.27. The van der Waals surface area contributed by atoms with Crippen LogP contribution in [0.4, 0.5) is 5.69 Å². The van der Waals surface area contributed by atoms with Crippen LogP contribution in [0.25, 0.3) is 0 Å². The Morgan fingerprint density at radius 2 is 1.71 bits per heavy atom. The van der Waals surface area contributed by atoms with Gasteiger partial charge in [-0.05, 0) is 54.7 Å². The number of hydrogen-bond donors (Lipinski definition) is 2. The van der Waals surface area contributed by atoms with Crippen LogP contribution >= 0.6 is 0 Å². The van der Waals surface area contributed by atoms with Gasteiger partial charge in [-0.15, -0.1) is 0 Å². The van der Waals surface area contributed by atoms with Crippen molar-refractivity contribution in [2.75, 3.05) is 4.90 Å². The molecule has 1 aliphatic rings. The molecule has 1 aliphatic heterocycles. The SMILES string of the molecule is Cc1ccc(C)c(N2C(=O)C(O)=C(C(=O)CC(C)C)C2c2ccc(O)cc2)c1. The number of nitrogens with zero attached hydrogens (tertiary/aromatic N) is 1. The molecule has 0 bridgehead atoms. The highest BCUT2D eigenvalue weighted by molar-refractivity contribution is 6.16. The molecule has 0 saturated heterocycles. The molecule has 1 atom stereocenters. The molecule has 2 aromatic rings. The van der Waals surface area contributed by atoms with Crippen LogP contribution in [-0.4, -0.2) is 21.9 Å². The normalized spacial score (nSPS) is 17.0. The zero-order valence-corrected chi connectivity index (χ0v) is 16.6. The summed E-state index contributed by atoms with van der Waals surface area (Å²) >= 11 is 0. The van der Waals surface area contributed by atoms with E-state index in [9.17, 15) is 19.8 Å². The lowest BCUT2D eigenvalue weighted by atomic mass is 9.91. The fraction of sp³-hybridized carbons (Fsp3) is 0.304. The molecule has 2 N–H and O–H groups in total. The van der Waals surface area contributed by atoms with Gasteiger partial charge in [-0.1, -0.05) is 38.1 Å². The highest BCUT2D eigenvalue weighted by atomic mass is 16.3. The number of rotatable bonds is 5. The first kappa shape index (κ1) is 19.7. The average molecular weight is 379 g/mol. The van der Waals surface area contributed by atoms with Crippen molar-refractivity contribution >= 4 is 17.4 Å². The number of aryl methyl sites for hydroxylation is 2. The number of amides is 1. The fourth-order valence-corrected chi connectivity index (χ4v) is 3.57. The van der Waals surface area contributed by atoms with Gasteiger partial charge in [-0.3, -0.25) is 14.5 Å². The second-order valence-electron chi connectivity index (χ2n) is 7.74. The molecular weight excluding hydrogens is 354 g/mol. The molecule has 0 aromatic heterocycles. The zero-order valence-electron chi connectivity index (χ0n) is 16.6. The van der Waals surface area contributed by atoms with Crippen LogP contribution in [0.1, 0.15) is 43.0 Å². The van der Waals surface area contributed by atoms with Crippen molar-refractivity contribution < 1.29 is 19.8 Å². The summed E-state index contributed by atoms with van der Waals surface area (Å²) in [5, 5.41) is 20.3. The lowest BCUT2D eigenvalue weighted by Gasteiger charge is -2.28. The van der Waals surface area contributed by atoms with Crippen molar-refractivity contribution in [3.05, 3.63) is 70.5 Å². The molecular formula is C23H25NO4. The van der Waals surface area contributed by atoms with E-state index in [1.165, 1.54) is 17.0 Å². The number of anilines is 1. The monoisotopic (exact) mass is 379 g/mol. The Balaban J connectivity index is 2.19. The van der Waals surface area contributed by atoms with Gasteiger partial charge in [0.25, 0.3) is 5.91 Å². The Labute approximate surface area is 164 Å². The summed E-state index contributed by atoms with van der Waals surface area (Å²) in [6.07, 6.45) is 0.238. The van der Waals surface area contributed by atoms with Crippen molar-refractivity contribution in [2.24, 2.45) is 5.92 Å². The number of aromatic hydroxyl groups is 1.